The van der Waals surface area contributed by atoms with Gasteiger partial charge in [0.15, 0.2) is 6.01 Å². The van der Waals surface area contributed by atoms with Gasteiger partial charge >= 0.3 is 0 Å². The van der Waals surface area contributed by atoms with Crippen LogP contribution in [0.3, 0.4) is 0 Å². The fourth-order valence-corrected chi connectivity index (χ4v) is 2.44. The van der Waals surface area contributed by atoms with Gasteiger partial charge in [0.25, 0.3) is 0 Å². The lowest BCUT2D eigenvalue weighted by Gasteiger charge is -2.13. The first-order valence-corrected chi connectivity index (χ1v) is 6.89. The number of nitrogens with two attached hydrogens (primary N) is 1. The Bertz CT molecular complexity index is 516. The van der Waals surface area contributed by atoms with Crippen molar-refractivity contribution in [1.82, 2.24) is 0 Å². The van der Waals surface area contributed by atoms with E-state index >= 15 is 0 Å². The lowest BCUT2D eigenvalue weighted by atomic mass is 10.1. The third-order valence-electron chi connectivity index (χ3n) is 2.46. The van der Waals surface area contributed by atoms with E-state index in [9.17, 15) is 12.8 Å². The second-order valence-corrected chi connectivity index (χ2v) is 5.46. The average Bonchev–Trinajstić information content (AvgIpc) is 2.38. The largest absolute Gasteiger partial charge is 0.496 e. The lowest BCUT2D eigenvalue weighted by molar-refractivity contribution is 0.388. The van der Waals surface area contributed by atoms with Crippen molar-refractivity contribution in [3.63, 3.8) is 0 Å². The topological polar surface area (TPSA) is 78.6 Å². The number of rotatable bonds is 6. The van der Waals surface area contributed by atoms with Crippen molar-refractivity contribution in [3.05, 3.63) is 17.7 Å². The number of methoxy groups -OCH3 is 2. The summed E-state index contributed by atoms with van der Waals surface area (Å²) in [6, 6.07) is 1.29. The van der Waals surface area contributed by atoms with Crippen molar-refractivity contribution in [2.75, 3.05) is 26.8 Å². The van der Waals surface area contributed by atoms with Crippen molar-refractivity contribution in [1.29, 1.82) is 0 Å². The molecule has 0 fully saturated rings. The molecule has 0 aliphatic carbocycles. The number of sulfone groups is 1. The van der Waals surface area contributed by atoms with Crippen molar-refractivity contribution < 1.29 is 22.3 Å². The van der Waals surface area contributed by atoms with E-state index < -0.39 is 15.8 Å². The Morgan fingerprint density at radius 2 is 1.83 bits per heavy atom. The van der Waals surface area contributed by atoms with Crippen molar-refractivity contribution >= 4 is 9.84 Å². The predicted molar refractivity (Wildman–Crippen MR) is 65.5 cm³/mol. The van der Waals surface area contributed by atoms with Gasteiger partial charge in [-0.3, -0.25) is 0 Å². The molecule has 18 heavy (non-hydrogen) atoms. The lowest BCUT2D eigenvalue weighted by Crippen LogP contribution is -2.09. The summed E-state index contributed by atoms with van der Waals surface area (Å²) in [5, 5.41) is 0. The monoisotopic (exact) mass is 277 g/mol. The molecule has 0 unspecified atom stereocenters. The minimum atomic E-state index is -4.01. The van der Waals surface area contributed by atoms with Gasteiger partial charge in [-0.2, -0.15) is 0 Å². The normalized spacial score (nSPS) is 11.3. The molecule has 1 aromatic carbocycles. The SMILES string of the molecule is COc1cc(S(=O)(=O)CF)c(OC)cc1CCN. The van der Waals surface area contributed by atoms with E-state index in [-0.39, 0.29) is 10.6 Å². The van der Waals surface area contributed by atoms with Crippen LogP contribution in [-0.2, 0) is 16.3 Å². The highest BCUT2D eigenvalue weighted by Gasteiger charge is 2.22. The third kappa shape index (κ3) is 2.91. The molecule has 0 bridgehead atoms. The van der Waals surface area contributed by atoms with Crippen LogP contribution < -0.4 is 15.2 Å². The second kappa shape index (κ2) is 6.01. The first kappa shape index (κ1) is 14.7. The Labute approximate surface area is 106 Å². The van der Waals surface area contributed by atoms with Crippen LogP contribution in [0.25, 0.3) is 0 Å². The number of hydrogen-bond acceptors (Lipinski definition) is 5. The number of benzene rings is 1. The molecule has 5 nitrogen and oxygen atoms in total. The number of halogens is 1. The van der Waals surface area contributed by atoms with E-state index in [1.807, 2.05) is 0 Å². The van der Waals surface area contributed by atoms with Gasteiger partial charge < -0.3 is 15.2 Å². The van der Waals surface area contributed by atoms with Gasteiger partial charge in [-0.05, 0) is 24.6 Å². The standard InChI is InChI=1S/C11H16FNO4S/c1-16-9-6-11(18(14,15)7-12)10(17-2)5-8(9)3-4-13/h5-6H,3-4,7,13H2,1-2H3. The fourth-order valence-electron chi connectivity index (χ4n) is 1.59. The van der Waals surface area contributed by atoms with Crippen LogP contribution in [0.15, 0.2) is 17.0 Å². The molecule has 0 amide bonds. The molecule has 7 heteroatoms. The van der Waals surface area contributed by atoms with Gasteiger partial charge in [-0.1, -0.05) is 0 Å². The molecule has 0 radical (unpaired) electrons. The van der Waals surface area contributed by atoms with Crippen molar-refractivity contribution in [2.24, 2.45) is 5.73 Å². The van der Waals surface area contributed by atoms with Gasteiger partial charge in [0, 0.05) is 6.07 Å². The smallest absolute Gasteiger partial charge is 0.211 e. The molecule has 2 N–H and O–H groups in total. The second-order valence-electron chi connectivity index (χ2n) is 3.58. The van der Waals surface area contributed by atoms with Crippen LogP contribution in [0, 0.1) is 0 Å². The molecule has 0 aromatic heterocycles. The van der Waals surface area contributed by atoms with E-state index in [0.29, 0.717) is 18.7 Å². The molecule has 0 heterocycles. The highest BCUT2D eigenvalue weighted by molar-refractivity contribution is 7.91. The highest BCUT2D eigenvalue weighted by Crippen LogP contribution is 2.33. The van der Waals surface area contributed by atoms with Gasteiger partial charge in [-0.15, -0.1) is 0 Å². The maximum atomic E-state index is 12.6. The van der Waals surface area contributed by atoms with Gasteiger partial charge in [0.2, 0.25) is 9.84 Å². The summed E-state index contributed by atoms with van der Waals surface area (Å²) in [7, 11) is -1.27. The molecule has 0 saturated carbocycles. The summed E-state index contributed by atoms with van der Waals surface area (Å²) < 4.78 is 45.8. The maximum absolute atomic E-state index is 12.6. The molecule has 0 spiro atoms. The predicted octanol–water partition coefficient (Wildman–Crippen LogP) is 0.906. The van der Waals surface area contributed by atoms with E-state index in [2.05, 4.69) is 0 Å². The first-order chi connectivity index (χ1) is 8.50. The van der Waals surface area contributed by atoms with Crippen LogP contribution >= 0.6 is 0 Å². The summed E-state index contributed by atoms with van der Waals surface area (Å²) in [5.74, 6) is 0.449. The molecule has 1 aromatic rings. The van der Waals surface area contributed by atoms with Crippen LogP contribution in [0.2, 0.25) is 0 Å². The molecule has 0 aliphatic rings. The fraction of sp³-hybridized carbons (Fsp3) is 0.455. The summed E-state index contributed by atoms with van der Waals surface area (Å²) in [6.45, 7) is 0.384. The summed E-state index contributed by atoms with van der Waals surface area (Å²) in [4.78, 5) is -0.217. The third-order valence-corrected chi connectivity index (χ3v) is 3.74. The number of alkyl halides is 1. The van der Waals surface area contributed by atoms with E-state index in [0.717, 1.165) is 5.56 Å². The minimum absolute atomic E-state index is 0.0944. The molecule has 0 aliphatic heterocycles. The quantitative estimate of drug-likeness (QED) is 0.836. The van der Waals surface area contributed by atoms with Gasteiger partial charge in [0.05, 0.1) is 14.2 Å². The number of hydrogen-bond donors (Lipinski definition) is 1. The molecular formula is C11H16FNO4S. The zero-order valence-electron chi connectivity index (χ0n) is 10.3. The number of ether oxygens (including phenoxy) is 2. The van der Waals surface area contributed by atoms with E-state index in [1.54, 1.807) is 0 Å². The first-order valence-electron chi connectivity index (χ1n) is 5.23. The van der Waals surface area contributed by atoms with E-state index in [4.69, 9.17) is 15.2 Å². The van der Waals surface area contributed by atoms with Crippen LogP contribution in [-0.4, -0.2) is 35.2 Å². The minimum Gasteiger partial charge on any atom is -0.496 e. The summed E-state index contributed by atoms with van der Waals surface area (Å²) >= 11 is 0. The van der Waals surface area contributed by atoms with E-state index in [1.165, 1.54) is 26.4 Å². The molecule has 1 rings (SSSR count). The Kier molecular flexibility index (Phi) is 4.92. The Hall–Kier alpha value is -1.34. The van der Waals surface area contributed by atoms with Crippen molar-refractivity contribution in [2.45, 2.75) is 11.3 Å². The Balaban J connectivity index is 3.44. The molecule has 0 atom stereocenters. The van der Waals surface area contributed by atoms with Crippen LogP contribution in [0.4, 0.5) is 4.39 Å². The molecular weight excluding hydrogens is 261 g/mol. The van der Waals surface area contributed by atoms with Crippen LogP contribution in [0.5, 0.6) is 11.5 Å². The highest BCUT2D eigenvalue weighted by atomic mass is 32.2. The van der Waals surface area contributed by atoms with Crippen molar-refractivity contribution in [3.8, 4) is 11.5 Å². The summed E-state index contributed by atoms with van der Waals surface area (Å²) in [6.07, 6.45) is 0.509. The molecule has 102 valence electrons. The Morgan fingerprint density at radius 1 is 1.22 bits per heavy atom. The maximum Gasteiger partial charge on any atom is 0.211 e. The van der Waals surface area contributed by atoms with Crippen LogP contribution in [0.1, 0.15) is 5.56 Å². The van der Waals surface area contributed by atoms with Gasteiger partial charge in [0.1, 0.15) is 16.4 Å². The zero-order valence-corrected chi connectivity index (χ0v) is 11.1. The average molecular weight is 277 g/mol. The summed E-state index contributed by atoms with van der Waals surface area (Å²) in [5.41, 5.74) is 6.17. The Morgan fingerprint density at radius 3 is 2.28 bits per heavy atom. The zero-order chi connectivity index (χ0) is 13.8. The van der Waals surface area contributed by atoms with Gasteiger partial charge in [-0.25, -0.2) is 12.8 Å². The molecule has 0 saturated heterocycles.